The molecule has 0 spiro atoms. The summed E-state index contributed by atoms with van der Waals surface area (Å²) in [6.45, 7) is 2.01. The van der Waals surface area contributed by atoms with E-state index < -0.39 is 6.10 Å². The Kier molecular flexibility index (Phi) is 4.43. The summed E-state index contributed by atoms with van der Waals surface area (Å²) in [6.07, 6.45) is 4.19. The second-order valence-corrected chi connectivity index (χ2v) is 5.30. The van der Waals surface area contributed by atoms with Crippen molar-refractivity contribution in [3.05, 3.63) is 29.8 Å². The predicted octanol–water partition coefficient (Wildman–Crippen LogP) is 1.97. The number of primary amides is 1. The molecule has 4 nitrogen and oxygen atoms in total. The fourth-order valence-electron chi connectivity index (χ4n) is 2.76. The Morgan fingerprint density at radius 3 is 2.42 bits per heavy atom. The number of amides is 1. The lowest BCUT2D eigenvalue weighted by Crippen LogP contribution is -2.40. The van der Waals surface area contributed by atoms with Crippen molar-refractivity contribution >= 4 is 11.6 Å². The maximum atomic E-state index is 11.3. The quantitative estimate of drug-likeness (QED) is 0.852. The summed E-state index contributed by atoms with van der Waals surface area (Å²) in [4.78, 5) is 13.4. The summed E-state index contributed by atoms with van der Waals surface area (Å²) < 4.78 is 0. The van der Waals surface area contributed by atoms with Gasteiger partial charge in [0.25, 0.3) is 0 Å². The molecule has 104 valence electrons. The molecule has 1 aromatic rings. The van der Waals surface area contributed by atoms with Crippen LogP contribution in [0.25, 0.3) is 0 Å². The van der Waals surface area contributed by atoms with E-state index in [0.29, 0.717) is 6.04 Å². The van der Waals surface area contributed by atoms with Gasteiger partial charge < -0.3 is 15.7 Å². The Morgan fingerprint density at radius 1 is 1.37 bits per heavy atom. The third kappa shape index (κ3) is 3.47. The van der Waals surface area contributed by atoms with Gasteiger partial charge in [0.2, 0.25) is 5.91 Å². The van der Waals surface area contributed by atoms with Gasteiger partial charge in [0, 0.05) is 11.7 Å². The highest BCUT2D eigenvalue weighted by molar-refractivity contribution is 5.79. The van der Waals surface area contributed by atoms with Gasteiger partial charge in [-0.1, -0.05) is 25.0 Å². The van der Waals surface area contributed by atoms with Crippen molar-refractivity contribution < 1.29 is 9.90 Å². The molecule has 4 heteroatoms. The highest BCUT2D eigenvalue weighted by Gasteiger charge is 2.24. The van der Waals surface area contributed by atoms with E-state index >= 15 is 0 Å². The molecule has 1 aliphatic rings. The fraction of sp³-hybridized carbons (Fsp3) is 0.533. The van der Waals surface area contributed by atoms with Crippen LogP contribution in [-0.2, 0) is 4.79 Å². The van der Waals surface area contributed by atoms with Crippen molar-refractivity contribution in [3.8, 4) is 0 Å². The predicted molar refractivity (Wildman–Crippen MR) is 75.9 cm³/mol. The average molecular weight is 262 g/mol. The van der Waals surface area contributed by atoms with Gasteiger partial charge in [0.15, 0.2) is 0 Å². The number of hydrogen-bond donors (Lipinski definition) is 2. The number of aliphatic hydroxyl groups excluding tert-OH is 1. The summed E-state index contributed by atoms with van der Waals surface area (Å²) in [6, 6.07) is 8.14. The molecule has 1 aromatic carbocycles. The first-order valence-corrected chi connectivity index (χ1v) is 6.91. The van der Waals surface area contributed by atoms with E-state index in [1.165, 1.54) is 12.8 Å². The van der Waals surface area contributed by atoms with E-state index in [0.717, 1.165) is 24.1 Å². The Hall–Kier alpha value is -1.55. The lowest BCUT2D eigenvalue weighted by Gasteiger charge is -2.30. The third-order valence-corrected chi connectivity index (χ3v) is 3.80. The first-order chi connectivity index (χ1) is 9.08. The molecular weight excluding hydrogens is 240 g/mol. The highest BCUT2D eigenvalue weighted by atomic mass is 16.3. The molecule has 0 heterocycles. The lowest BCUT2D eigenvalue weighted by atomic mass is 10.1. The van der Waals surface area contributed by atoms with E-state index in [2.05, 4.69) is 4.90 Å². The second kappa shape index (κ2) is 6.06. The van der Waals surface area contributed by atoms with E-state index in [9.17, 15) is 9.90 Å². The molecule has 2 rings (SSSR count). The number of hydrogen-bond acceptors (Lipinski definition) is 3. The van der Waals surface area contributed by atoms with E-state index in [1.54, 1.807) is 6.92 Å². The number of carbonyl (C=O) groups excluding carboxylic acids is 1. The van der Waals surface area contributed by atoms with Crippen LogP contribution in [0.1, 0.15) is 44.3 Å². The minimum Gasteiger partial charge on any atom is -0.389 e. The third-order valence-electron chi connectivity index (χ3n) is 3.80. The standard InChI is InChI=1S/C15H22N2O2/c1-11(18)12-6-8-14(9-7-12)17(10-15(16)19)13-4-2-3-5-13/h6-9,11,13,18H,2-5,10H2,1H3,(H2,16,19). The first kappa shape index (κ1) is 13.9. The number of anilines is 1. The minimum absolute atomic E-state index is 0.263. The molecule has 1 atom stereocenters. The molecule has 1 unspecified atom stereocenters. The van der Waals surface area contributed by atoms with Crippen LogP contribution in [0, 0.1) is 0 Å². The summed E-state index contributed by atoms with van der Waals surface area (Å²) >= 11 is 0. The van der Waals surface area contributed by atoms with Crippen LogP contribution in [0.2, 0.25) is 0 Å². The first-order valence-electron chi connectivity index (χ1n) is 6.91. The van der Waals surface area contributed by atoms with Crippen LogP contribution in [0.5, 0.6) is 0 Å². The maximum absolute atomic E-state index is 11.3. The Balaban J connectivity index is 2.19. The fourth-order valence-corrected chi connectivity index (χ4v) is 2.76. The lowest BCUT2D eigenvalue weighted by molar-refractivity contribution is -0.116. The Morgan fingerprint density at radius 2 is 1.95 bits per heavy atom. The molecule has 0 bridgehead atoms. The largest absolute Gasteiger partial charge is 0.389 e. The van der Waals surface area contributed by atoms with Gasteiger partial charge in [-0.2, -0.15) is 0 Å². The van der Waals surface area contributed by atoms with Gasteiger partial charge in [-0.05, 0) is 37.5 Å². The monoisotopic (exact) mass is 262 g/mol. The molecule has 0 aromatic heterocycles. The zero-order valence-electron chi connectivity index (χ0n) is 11.4. The highest BCUT2D eigenvalue weighted by Crippen LogP contribution is 2.28. The van der Waals surface area contributed by atoms with Crippen molar-refractivity contribution in [1.82, 2.24) is 0 Å². The number of nitrogens with zero attached hydrogens (tertiary/aromatic N) is 1. The second-order valence-electron chi connectivity index (χ2n) is 5.30. The molecule has 1 aliphatic carbocycles. The molecule has 1 saturated carbocycles. The number of carbonyl (C=O) groups is 1. The minimum atomic E-state index is -0.467. The van der Waals surface area contributed by atoms with Crippen LogP contribution >= 0.6 is 0 Å². The van der Waals surface area contributed by atoms with Gasteiger partial charge in [0.05, 0.1) is 12.6 Å². The number of nitrogens with two attached hydrogens (primary N) is 1. The normalized spacial score (nSPS) is 17.4. The number of aliphatic hydroxyl groups is 1. The summed E-state index contributed by atoms with van der Waals surface area (Å²) in [5.41, 5.74) is 7.25. The van der Waals surface area contributed by atoms with Crippen LogP contribution < -0.4 is 10.6 Å². The average Bonchev–Trinajstić information content (AvgIpc) is 2.89. The molecular formula is C15H22N2O2. The van der Waals surface area contributed by atoms with Crippen molar-refractivity contribution in [3.63, 3.8) is 0 Å². The van der Waals surface area contributed by atoms with Gasteiger partial charge in [-0.15, -0.1) is 0 Å². The summed E-state index contributed by atoms with van der Waals surface area (Å²) in [5, 5.41) is 9.52. The van der Waals surface area contributed by atoms with Crippen molar-refractivity contribution in [2.24, 2.45) is 5.73 Å². The van der Waals surface area contributed by atoms with E-state index in [4.69, 9.17) is 5.73 Å². The Labute approximate surface area is 114 Å². The molecule has 0 saturated heterocycles. The Bertz CT molecular complexity index is 422. The van der Waals surface area contributed by atoms with Crippen LogP contribution in [0.4, 0.5) is 5.69 Å². The SMILES string of the molecule is CC(O)c1ccc(N(CC(N)=O)C2CCCC2)cc1. The smallest absolute Gasteiger partial charge is 0.236 e. The zero-order chi connectivity index (χ0) is 13.8. The molecule has 19 heavy (non-hydrogen) atoms. The van der Waals surface area contributed by atoms with Gasteiger partial charge in [0.1, 0.15) is 0 Å². The maximum Gasteiger partial charge on any atom is 0.236 e. The molecule has 0 radical (unpaired) electrons. The van der Waals surface area contributed by atoms with Gasteiger partial charge in [-0.25, -0.2) is 0 Å². The molecule has 3 N–H and O–H groups in total. The van der Waals surface area contributed by atoms with Crippen molar-refractivity contribution in [1.29, 1.82) is 0 Å². The van der Waals surface area contributed by atoms with Crippen LogP contribution in [0.15, 0.2) is 24.3 Å². The van der Waals surface area contributed by atoms with Gasteiger partial charge in [-0.3, -0.25) is 4.79 Å². The molecule has 0 aliphatic heterocycles. The number of benzene rings is 1. The number of rotatable bonds is 5. The zero-order valence-corrected chi connectivity index (χ0v) is 11.4. The van der Waals surface area contributed by atoms with Crippen LogP contribution in [-0.4, -0.2) is 23.6 Å². The summed E-state index contributed by atoms with van der Waals surface area (Å²) in [7, 11) is 0. The molecule has 1 fully saturated rings. The van der Waals surface area contributed by atoms with Crippen molar-refractivity contribution in [2.45, 2.75) is 44.8 Å². The van der Waals surface area contributed by atoms with E-state index in [1.807, 2.05) is 24.3 Å². The van der Waals surface area contributed by atoms with Crippen LogP contribution in [0.3, 0.4) is 0 Å². The van der Waals surface area contributed by atoms with Gasteiger partial charge >= 0.3 is 0 Å². The summed E-state index contributed by atoms with van der Waals surface area (Å²) in [5.74, 6) is -0.300. The molecule has 1 amide bonds. The topological polar surface area (TPSA) is 66.6 Å². The van der Waals surface area contributed by atoms with Crippen molar-refractivity contribution in [2.75, 3.05) is 11.4 Å². The van der Waals surface area contributed by atoms with E-state index in [-0.39, 0.29) is 12.5 Å².